The molecule has 1 atom stereocenters. The number of pyridine rings is 1. The van der Waals surface area contributed by atoms with E-state index >= 15 is 4.39 Å². The molecule has 0 aromatic carbocycles. The number of aromatic nitrogens is 3. The minimum Gasteiger partial charge on any atom is -0.370 e. The Kier molecular flexibility index (Phi) is 5.35. The molecule has 2 aromatic heterocycles. The normalized spacial score (nSPS) is 18.7. The summed E-state index contributed by atoms with van der Waals surface area (Å²) in [5.74, 6) is -1.57. The summed E-state index contributed by atoms with van der Waals surface area (Å²) in [6.45, 7) is 1.47. The van der Waals surface area contributed by atoms with E-state index in [2.05, 4.69) is 10.1 Å². The fourth-order valence-electron chi connectivity index (χ4n) is 3.47. The summed E-state index contributed by atoms with van der Waals surface area (Å²) in [5.41, 5.74) is -0.775. The molecule has 29 heavy (non-hydrogen) atoms. The first-order valence-corrected chi connectivity index (χ1v) is 10.2. The van der Waals surface area contributed by atoms with Gasteiger partial charge in [-0.3, -0.25) is 4.68 Å². The maximum Gasteiger partial charge on any atom is 0.435 e. The first-order chi connectivity index (χ1) is 13.3. The zero-order valence-electron chi connectivity index (χ0n) is 15.6. The van der Waals surface area contributed by atoms with Gasteiger partial charge in [0.15, 0.2) is 10.7 Å². The molecule has 0 bridgehead atoms. The van der Waals surface area contributed by atoms with Crippen molar-refractivity contribution < 1.29 is 30.4 Å². The number of aryl methyl sites for hydroxylation is 1. The molecular formula is C17H19F5N4O2S. The van der Waals surface area contributed by atoms with Gasteiger partial charge in [-0.15, -0.1) is 0 Å². The van der Waals surface area contributed by atoms with Gasteiger partial charge < -0.3 is 4.90 Å². The topological polar surface area (TPSA) is 68.1 Å². The molecule has 0 spiro atoms. The van der Waals surface area contributed by atoms with Crippen LogP contribution in [0.15, 0.2) is 29.4 Å². The van der Waals surface area contributed by atoms with Crippen molar-refractivity contribution in [1.82, 2.24) is 14.8 Å². The Morgan fingerprint density at radius 2 is 1.76 bits per heavy atom. The molecule has 3 heterocycles. The highest BCUT2D eigenvalue weighted by molar-refractivity contribution is 7.92. The number of nitrogens with zero attached hydrogens (tertiary/aromatic N) is 4. The molecule has 12 heteroatoms. The molecule has 0 aliphatic carbocycles. The second-order valence-corrected chi connectivity index (χ2v) is 9.30. The van der Waals surface area contributed by atoms with E-state index in [4.69, 9.17) is 0 Å². The molecule has 3 rings (SSSR count). The lowest BCUT2D eigenvalue weighted by molar-refractivity contribution is -0.141. The summed E-state index contributed by atoms with van der Waals surface area (Å²) in [5, 5.41) is -0.435. The minimum atomic E-state index is -4.84. The lowest BCUT2D eigenvalue weighted by Crippen LogP contribution is -2.46. The van der Waals surface area contributed by atoms with E-state index in [1.807, 2.05) is 4.90 Å². The standard InChI is InChI=1S/C17H19F5N4O2S/c1-16(19,29(27,28)15-9-13(17(20,21)22)24-25(15)2)11-5-7-26(8-6-11)12-3-4-14(18)23-10-12/h3-4,9-11H,5-8H2,1-2H3. The number of alkyl halides is 4. The Morgan fingerprint density at radius 3 is 2.24 bits per heavy atom. The first kappa shape index (κ1) is 21.5. The van der Waals surface area contributed by atoms with Gasteiger partial charge in [-0.25, -0.2) is 17.8 Å². The molecule has 0 radical (unpaired) electrons. The number of rotatable bonds is 4. The van der Waals surface area contributed by atoms with E-state index < -0.39 is 43.6 Å². The van der Waals surface area contributed by atoms with Crippen LogP contribution in [-0.4, -0.2) is 41.3 Å². The Balaban J connectivity index is 1.80. The number of hydrogen-bond acceptors (Lipinski definition) is 5. The van der Waals surface area contributed by atoms with E-state index in [0.29, 0.717) is 29.5 Å². The second-order valence-electron chi connectivity index (χ2n) is 7.08. The van der Waals surface area contributed by atoms with E-state index in [9.17, 15) is 26.0 Å². The maximum absolute atomic E-state index is 15.5. The van der Waals surface area contributed by atoms with Crippen molar-refractivity contribution in [3.8, 4) is 0 Å². The van der Waals surface area contributed by atoms with Crippen molar-refractivity contribution in [2.45, 2.75) is 36.0 Å². The van der Waals surface area contributed by atoms with Crippen LogP contribution in [-0.2, 0) is 23.1 Å². The highest BCUT2D eigenvalue weighted by atomic mass is 32.2. The predicted molar refractivity (Wildman–Crippen MR) is 94.0 cm³/mol. The third-order valence-electron chi connectivity index (χ3n) is 5.23. The first-order valence-electron chi connectivity index (χ1n) is 8.75. The molecule has 2 aromatic rings. The van der Waals surface area contributed by atoms with Crippen molar-refractivity contribution in [3.63, 3.8) is 0 Å². The highest BCUT2D eigenvalue weighted by Crippen LogP contribution is 2.41. The number of hydrogen-bond donors (Lipinski definition) is 0. The monoisotopic (exact) mass is 438 g/mol. The van der Waals surface area contributed by atoms with Crippen molar-refractivity contribution in [2.75, 3.05) is 18.0 Å². The Hall–Kier alpha value is -2.24. The molecule has 1 unspecified atom stereocenters. The zero-order valence-corrected chi connectivity index (χ0v) is 16.4. The van der Waals surface area contributed by atoms with E-state index in [0.717, 1.165) is 14.0 Å². The van der Waals surface area contributed by atoms with Crippen LogP contribution in [0.2, 0.25) is 0 Å². The highest BCUT2D eigenvalue weighted by Gasteiger charge is 2.50. The molecule has 1 aliphatic rings. The Bertz CT molecular complexity index is 978. The largest absolute Gasteiger partial charge is 0.435 e. The second kappa shape index (κ2) is 7.22. The van der Waals surface area contributed by atoms with E-state index in [1.54, 1.807) is 0 Å². The summed E-state index contributed by atoms with van der Waals surface area (Å²) < 4.78 is 93.2. The fourth-order valence-corrected chi connectivity index (χ4v) is 5.21. The van der Waals surface area contributed by atoms with Gasteiger partial charge in [0.2, 0.25) is 20.8 Å². The van der Waals surface area contributed by atoms with Crippen molar-refractivity contribution in [3.05, 3.63) is 36.0 Å². The number of anilines is 1. The van der Waals surface area contributed by atoms with Crippen molar-refractivity contribution >= 4 is 15.5 Å². The number of halogens is 5. The molecule has 0 amide bonds. The molecular weight excluding hydrogens is 419 g/mol. The van der Waals surface area contributed by atoms with Gasteiger partial charge in [0.05, 0.1) is 11.9 Å². The van der Waals surface area contributed by atoms with Crippen LogP contribution in [0.1, 0.15) is 25.5 Å². The van der Waals surface area contributed by atoms with Gasteiger partial charge in [0, 0.05) is 32.1 Å². The quantitative estimate of drug-likeness (QED) is 0.541. The van der Waals surface area contributed by atoms with Crippen molar-refractivity contribution in [2.24, 2.45) is 13.0 Å². The van der Waals surface area contributed by atoms with E-state index in [-0.39, 0.29) is 12.8 Å². The third-order valence-corrected chi connectivity index (χ3v) is 7.55. The zero-order chi connectivity index (χ0) is 21.6. The van der Waals surface area contributed by atoms with Crippen LogP contribution in [0.25, 0.3) is 0 Å². The van der Waals surface area contributed by atoms with Crippen LogP contribution >= 0.6 is 0 Å². The molecule has 0 N–H and O–H groups in total. The lowest BCUT2D eigenvalue weighted by Gasteiger charge is -2.38. The van der Waals surface area contributed by atoms with Crippen LogP contribution < -0.4 is 4.90 Å². The van der Waals surface area contributed by atoms with Crippen LogP contribution in [0, 0.1) is 11.9 Å². The van der Waals surface area contributed by atoms with Gasteiger partial charge in [0.25, 0.3) is 0 Å². The summed E-state index contributed by atoms with van der Waals surface area (Å²) in [6, 6.07) is 3.06. The maximum atomic E-state index is 15.5. The Morgan fingerprint density at radius 1 is 1.14 bits per heavy atom. The molecule has 160 valence electrons. The predicted octanol–water partition coefficient (Wildman–Crippen LogP) is 3.35. The third kappa shape index (κ3) is 3.94. The SMILES string of the molecule is Cn1nc(C(F)(F)F)cc1S(=O)(=O)C(C)(F)C1CCN(c2ccc(F)nc2)CC1. The van der Waals surface area contributed by atoms with Crippen LogP contribution in [0.3, 0.4) is 0 Å². The summed E-state index contributed by atoms with van der Waals surface area (Å²) in [6.07, 6.45) is -3.22. The summed E-state index contributed by atoms with van der Waals surface area (Å²) in [4.78, 5) is 5.37. The molecule has 6 nitrogen and oxygen atoms in total. The fraction of sp³-hybridized carbons (Fsp3) is 0.529. The molecule has 1 fully saturated rings. The van der Waals surface area contributed by atoms with Crippen molar-refractivity contribution in [1.29, 1.82) is 0 Å². The van der Waals surface area contributed by atoms with Crippen LogP contribution in [0.5, 0.6) is 0 Å². The molecule has 1 saturated heterocycles. The van der Waals surface area contributed by atoms with Gasteiger partial charge in [0.1, 0.15) is 0 Å². The average molecular weight is 438 g/mol. The molecule has 0 saturated carbocycles. The molecule has 1 aliphatic heterocycles. The summed E-state index contributed by atoms with van der Waals surface area (Å²) >= 11 is 0. The minimum absolute atomic E-state index is 0.146. The lowest BCUT2D eigenvalue weighted by atomic mass is 9.92. The summed E-state index contributed by atoms with van der Waals surface area (Å²) in [7, 11) is -3.71. The smallest absolute Gasteiger partial charge is 0.370 e. The van der Waals surface area contributed by atoms with Gasteiger partial charge in [-0.1, -0.05) is 0 Å². The average Bonchev–Trinajstić information content (AvgIpc) is 3.05. The number of sulfone groups is 1. The Labute approximate surface area is 164 Å². The van der Waals surface area contributed by atoms with Gasteiger partial charge >= 0.3 is 6.18 Å². The van der Waals surface area contributed by atoms with E-state index in [1.165, 1.54) is 18.3 Å². The number of piperidine rings is 1. The van der Waals surface area contributed by atoms with Gasteiger partial charge in [-0.2, -0.15) is 22.7 Å². The van der Waals surface area contributed by atoms with Gasteiger partial charge in [-0.05, 0) is 31.9 Å². The van der Waals surface area contributed by atoms with Crippen LogP contribution in [0.4, 0.5) is 27.6 Å².